The fourth-order valence-corrected chi connectivity index (χ4v) is 2.49. The molecule has 0 aliphatic heterocycles. The van der Waals surface area contributed by atoms with Crippen molar-refractivity contribution >= 4 is 17.5 Å². The van der Waals surface area contributed by atoms with Crippen LogP contribution in [0.1, 0.15) is 48.7 Å². The van der Waals surface area contributed by atoms with Gasteiger partial charge in [-0.3, -0.25) is 4.79 Å². The number of halogens is 1. The van der Waals surface area contributed by atoms with E-state index in [1.807, 2.05) is 28.9 Å². The quantitative estimate of drug-likeness (QED) is 0.939. The Hall–Kier alpha value is -1.81. The maximum Gasteiger partial charge on any atom is 0.255 e. The fourth-order valence-electron chi connectivity index (χ4n) is 2.37. The molecule has 0 saturated heterocycles. The minimum absolute atomic E-state index is 0.0265. The molecule has 0 radical (unpaired) electrons. The van der Waals surface area contributed by atoms with Gasteiger partial charge in [-0.2, -0.15) is 5.10 Å². The predicted molar refractivity (Wildman–Crippen MR) is 83.2 cm³/mol. The summed E-state index contributed by atoms with van der Waals surface area (Å²) in [5, 5.41) is 8.11. The normalized spacial score (nSPS) is 14.5. The zero-order chi connectivity index (χ0) is 15.0. The Balaban J connectivity index is 1.98. The summed E-state index contributed by atoms with van der Waals surface area (Å²) in [7, 11) is 0. The van der Waals surface area contributed by atoms with Gasteiger partial charge in [0.25, 0.3) is 5.91 Å². The Kier molecular flexibility index (Phi) is 3.72. The Morgan fingerprint density at radius 2 is 2.00 bits per heavy atom. The van der Waals surface area contributed by atoms with Crippen LogP contribution in [0.5, 0.6) is 0 Å². The van der Waals surface area contributed by atoms with Gasteiger partial charge in [0.05, 0.1) is 23.1 Å². The van der Waals surface area contributed by atoms with Crippen molar-refractivity contribution in [2.75, 3.05) is 0 Å². The van der Waals surface area contributed by atoms with Crippen LogP contribution in [0.15, 0.2) is 30.5 Å². The van der Waals surface area contributed by atoms with E-state index in [2.05, 4.69) is 24.3 Å². The molecule has 0 bridgehead atoms. The van der Waals surface area contributed by atoms with E-state index in [0.29, 0.717) is 16.6 Å². The number of nitrogens with zero attached hydrogens (tertiary/aromatic N) is 2. The summed E-state index contributed by atoms with van der Waals surface area (Å²) in [6.07, 6.45) is 3.81. The maximum atomic E-state index is 12.3. The van der Waals surface area contributed by atoms with Crippen molar-refractivity contribution in [1.82, 2.24) is 15.1 Å². The van der Waals surface area contributed by atoms with E-state index in [1.165, 1.54) is 0 Å². The third kappa shape index (κ3) is 2.95. The monoisotopic (exact) mass is 303 g/mol. The molecule has 1 aromatic carbocycles. The van der Waals surface area contributed by atoms with Crippen molar-refractivity contribution in [2.45, 2.75) is 38.6 Å². The number of hydrogen-bond acceptors (Lipinski definition) is 2. The Labute approximate surface area is 129 Å². The summed E-state index contributed by atoms with van der Waals surface area (Å²) in [6, 6.07) is 7.81. The van der Waals surface area contributed by atoms with Gasteiger partial charge in [-0.05, 0) is 43.0 Å². The van der Waals surface area contributed by atoms with Crippen molar-refractivity contribution in [1.29, 1.82) is 0 Å². The van der Waals surface area contributed by atoms with Crippen LogP contribution in [0.4, 0.5) is 0 Å². The van der Waals surface area contributed by atoms with Crippen LogP contribution >= 0.6 is 11.6 Å². The average Bonchev–Trinajstić information content (AvgIpc) is 3.14. The minimum Gasteiger partial charge on any atom is -0.349 e. The molecule has 1 N–H and O–H groups in total. The molecule has 0 atom stereocenters. The van der Waals surface area contributed by atoms with E-state index in [0.717, 1.165) is 24.2 Å². The number of hydrogen-bond donors (Lipinski definition) is 1. The highest BCUT2D eigenvalue weighted by Gasteiger charge is 2.27. The first-order valence-electron chi connectivity index (χ1n) is 7.21. The number of aromatic nitrogens is 2. The molecule has 2 aromatic rings. The highest BCUT2D eigenvalue weighted by Crippen LogP contribution is 2.25. The second-order valence-electron chi connectivity index (χ2n) is 5.73. The lowest BCUT2D eigenvalue weighted by Gasteiger charge is -2.13. The van der Waals surface area contributed by atoms with Crippen LogP contribution in [0, 0.1) is 0 Å². The lowest BCUT2D eigenvalue weighted by molar-refractivity contribution is 0.0949. The van der Waals surface area contributed by atoms with Crippen LogP contribution in [0.3, 0.4) is 0 Å². The number of rotatable bonds is 4. The van der Waals surface area contributed by atoms with Gasteiger partial charge in [0.15, 0.2) is 0 Å². The zero-order valence-electron chi connectivity index (χ0n) is 12.1. The molecule has 4 nitrogen and oxygen atoms in total. The van der Waals surface area contributed by atoms with Crippen LogP contribution in [-0.4, -0.2) is 21.7 Å². The molecular formula is C16H18ClN3O. The standard InChI is InChI=1S/C16H18ClN3O/c1-10(2)15-14(16(21)19-12-5-6-12)9-18-20(15)13-7-3-11(17)4-8-13/h3-4,7-10,12H,5-6H2,1-2H3,(H,19,21). The number of amides is 1. The molecule has 1 aliphatic carbocycles. The van der Waals surface area contributed by atoms with Gasteiger partial charge in [0, 0.05) is 11.1 Å². The first-order chi connectivity index (χ1) is 10.1. The first-order valence-corrected chi connectivity index (χ1v) is 7.59. The van der Waals surface area contributed by atoms with Crippen LogP contribution < -0.4 is 5.32 Å². The van der Waals surface area contributed by atoms with Crippen molar-refractivity contribution in [3.8, 4) is 5.69 Å². The van der Waals surface area contributed by atoms with Gasteiger partial charge in [-0.15, -0.1) is 0 Å². The molecule has 1 heterocycles. The van der Waals surface area contributed by atoms with Gasteiger partial charge in [-0.1, -0.05) is 25.4 Å². The van der Waals surface area contributed by atoms with Crippen LogP contribution in [0.25, 0.3) is 5.69 Å². The van der Waals surface area contributed by atoms with E-state index in [9.17, 15) is 4.79 Å². The van der Waals surface area contributed by atoms with Crippen molar-refractivity contribution in [3.63, 3.8) is 0 Å². The Bertz CT molecular complexity index is 657. The minimum atomic E-state index is -0.0265. The van der Waals surface area contributed by atoms with Gasteiger partial charge < -0.3 is 5.32 Å². The van der Waals surface area contributed by atoms with Crippen LogP contribution in [-0.2, 0) is 0 Å². The summed E-state index contributed by atoms with van der Waals surface area (Å²) < 4.78 is 1.82. The maximum absolute atomic E-state index is 12.3. The SMILES string of the molecule is CC(C)c1c(C(=O)NC2CC2)cnn1-c1ccc(Cl)cc1. The van der Waals surface area contributed by atoms with E-state index >= 15 is 0 Å². The molecule has 1 aliphatic rings. The molecule has 1 saturated carbocycles. The molecule has 5 heteroatoms. The molecule has 0 spiro atoms. The second-order valence-corrected chi connectivity index (χ2v) is 6.17. The summed E-state index contributed by atoms with van der Waals surface area (Å²) in [5.74, 6) is 0.171. The van der Waals surface area contributed by atoms with Crippen molar-refractivity contribution in [2.24, 2.45) is 0 Å². The summed E-state index contributed by atoms with van der Waals surface area (Å²) in [5.41, 5.74) is 2.50. The van der Waals surface area contributed by atoms with Gasteiger partial charge >= 0.3 is 0 Å². The molecule has 21 heavy (non-hydrogen) atoms. The summed E-state index contributed by atoms with van der Waals surface area (Å²) >= 11 is 5.93. The number of carbonyl (C=O) groups excluding carboxylic acids is 1. The Morgan fingerprint density at radius 3 is 2.57 bits per heavy atom. The van der Waals surface area contributed by atoms with Crippen LogP contribution in [0.2, 0.25) is 5.02 Å². The van der Waals surface area contributed by atoms with E-state index in [4.69, 9.17) is 11.6 Å². The predicted octanol–water partition coefficient (Wildman–Crippen LogP) is 3.54. The molecule has 1 aromatic heterocycles. The van der Waals surface area contributed by atoms with Crippen molar-refractivity contribution in [3.05, 3.63) is 46.7 Å². The molecule has 1 fully saturated rings. The third-order valence-electron chi connectivity index (χ3n) is 3.58. The molecule has 110 valence electrons. The lowest BCUT2D eigenvalue weighted by Crippen LogP contribution is -2.26. The van der Waals surface area contributed by atoms with Gasteiger partial charge in [0.1, 0.15) is 0 Å². The Morgan fingerprint density at radius 1 is 1.33 bits per heavy atom. The van der Waals surface area contributed by atoms with E-state index < -0.39 is 0 Å². The smallest absolute Gasteiger partial charge is 0.255 e. The average molecular weight is 304 g/mol. The number of benzene rings is 1. The summed E-state index contributed by atoms with van der Waals surface area (Å²) in [4.78, 5) is 12.3. The highest BCUT2D eigenvalue weighted by atomic mass is 35.5. The lowest BCUT2D eigenvalue weighted by atomic mass is 10.0. The van der Waals surface area contributed by atoms with Gasteiger partial charge in [0.2, 0.25) is 0 Å². The largest absolute Gasteiger partial charge is 0.349 e. The highest BCUT2D eigenvalue weighted by molar-refractivity contribution is 6.30. The fraction of sp³-hybridized carbons (Fsp3) is 0.375. The van der Waals surface area contributed by atoms with E-state index in [-0.39, 0.29) is 11.8 Å². The first kappa shape index (κ1) is 14.1. The third-order valence-corrected chi connectivity index (χ3v) is 3.83. The van der Waals surface area contributed by atoms with E-state index in [1.54, 1.807) is 6.20 Å². The zero-order valence-corrected chi connectivity index (χ0v) is 12.9. The molecule has 0 unspecified atom stereocenters. The number of nitrogens with one attached hydrogen (secondary N) is 1. The topological polar surface area (TPSA) is 46.9 Å². The second kappa shape index (κ2) is 5.53. The van der Waals surface area contributed by atoms with Gasteiger partial charge in [-0.25, -0.2) is 4.68 Å². The summed E-state index contributed by atoms with van der Waals surface area (Å²) in [6.45, 7) is 4.13. The number of carbonyl (C=O) groups is 1. The van der Waals surface area contributed by atoms with Crippen molar-refractivity contribution < 1.29 is 4.79 Å². The molecular weight excluding hydrogens is 286 g/mol. The molecule has 3 rings (SSSR count). The molecule has 1 amide bonds.